The van der Waals surface area contributed by atoms with Gasteiger partial charge in [0.25, 0.3) is 0 Å². The van der Waals surface area contributed by atoms with Crippen molar-refractivity contribution in [1.29, 1.82) is 0 Å². The van der Waals surface area contributed by atoms with Gasteiger partial charge in [-0.2, -0.15) is 0 Å². The largest absolute Gasteiger partial charge is 0.481 e. The molecule has 0 bridgehead atoms. The summed E-state index contributed by atoms with van der Waals surface area (Å²) in [6.45, 7) is 0.428. The lowest BCUT2D eigenvalue weighted by Crippen LogP contribution is -2.23. The summed E-state index contributed by atoms with van der Waals surface area (Å²) in [6.07, 6.45) is 1.78. The van der Waals surface area contributed by atoms with E-state index < -0.39 is 11.9 Å². The van der Waals surface area contributed by atoms with Gasteiger partial charge < -0.3 is 15.4 Å². The summed E-state index contributed by atoms with van der Waals surface area (Å²) < 4.78 is 0. The third-order valence-corrected chi connectivity index (χ3v) is 2.70. The Labute approximate surface area is 93.3 Å². The third-order valence-electron chi connectivity index (χ3n) is 2.70. The van der Waals surface area contributed by atoms with Crippen molar-refractivity contribution in [2.24, 2.45) is 0 Å². The van der Waals surface area contributed by atoms with Crippen LogP contribution in [0.15, 0.2) is 30.5 Å². The van der Waals surface area contributed by atoms with E-state index in [-0.39, 0.29) is 0 Å². The molecule has 16 heavy (non-hydrogen) atoms. The van der Waals surface area contributed by atoms with E-state index in [1.807, 2.05) is 24.3 Å². The summed E-state index contributed by atoms with van der Waals surface area (Å²) in [6, 6.07) is 7.72. The van der Waals surface area contributed by atoms with Gasteiger partial charge >= 0.3 is 5.97 Å². The van der Waals surface area contributed by atoms with E-state index in [2.05, 4.69) is 10.3 Å². The zero-order valence-corrected chi connectivity index (χ0v) is 9.03. The number of aromatic amines is 1. The van der Waals surface area contributed by atoms with Crippen LogP contribution in [0.4, 0.5) is 0 Å². The van der Waals surface area contributed by atoms with E-state index >= 15 is 0 Å². The molecule has 2 rings (SSSR count). The molecule has 0 saturated carbocycles. The first-order valence-electron chi connectivity index (χ1n) is 5.17. The van der Waals surface area contributed by atoms with Crippen molar-refractivity contribution in [2.45, 2.75) is 5.92 Å². The first kappa shape index (κ1) is 10.7. The molecule has 4 nitrogen and oxygen atoms in total. The lowest BCUT2D eigenvalue weighted by Gasteiger charge is -2.10. The van der Waals surface area contributed by atoms with Crippen LogP contribution in [0, 0.1) is 0 Å². The molecule has 84 valence electrons. The van der Waals surface area contributed by atoms with E-state index in [9.17, 15) is 9.90 Å². The van der Waals surface area contributed by atoms with Crippen LogP contribution >= 0.6 is 0 Å². The molecular weight excluding hydrogens is 204 g/mol. The Kier molecular flexibility index (Phi) is 2.92. The zero-order valence-electron chi connectivity index (χ0n) is 9.03. The number of aliphatic carboxylic acids is 1. The highest BCUT2D eigenvalue weighted by atomic mass is 16.4. The summed E-state index contributed by atoms with van der Waals surface area (Å²) in [5.41, 5.74) is 1.80. The van der Waals surface area contributed by atoms with Gasteiger partial charge in [-0.3, -0.25) is 4.79 Å². The van der Waals surface area contributed by atoms with Gasteiger partial charge in [0.15, 0.2) is 0 Å². The van der Waals surface area contributed by atoms with Crippen molar-refractivity contribution < 1.29 is 9.90 Å². The maximum atomic E-state index is 11.2. The van der Waals surface area contributed by atoms with Crippen LogP contribution in [0.3, 0.4) is 0 Å². The average molecular weight is 218 g/mol. The average Bonchev–Trinajstić information content (AvgIpc) is 2.69. The number of rotatable bonds is 4. The number of H-pyrrole nitrogens is 1. The fourth-order valence-corrected chi connectivity index (χ4v) is 1.92. The van der Waals surface area contributed by atoms with Crippen molar-refractivity contribution >= 4 is 16.9 Å². The molecular formula is C12H14N2O2. The monoisotopic (exact) mass is 218 g/mol. The maximum Gasteiger partial charge on any atom is 0.312 e. The second-order valence-corrected chi connectivity index (χ2v) is 3.74. The molecule has 0 radical (unpaired) electrons. The van der Waals surface area contributed by atoms with E-state index in [1.54, 1.807) is 13.2 Å². The molecule has 1 heterocycles. The van der Waals surface area contributed by atoms with Gasteiger partial charge in [0.2, 0.25) is 0 Å². The van der Waals surface area contributed by atoms with Gasteiger partial charge in [0.05, 0.1) is 5.92 Å². The predicted octanol–water partition coefficient (Wildman–Crippen LogP) is 1.56. The van der Waals surface area contributed by atoms with E-state index in [0.29, 0.717) is 6.54 Å². The molecule has 0 saturated heterocycles. The lowest BCUT2D eigenvalue weighted by molar-refractivity contribution is -0.138. The van der Waals surface area contributed by atoms with Gasteiger partial charge in [0, 0.05) is 23.6 Å². The molecule has 0 aliphatic carbocycles. The number of hydrogen-bond donors (Lipinski definition) is 3. The minimum atomic E-state index is -0.806. The number of hydrogen-bond acceptors (Lipinski definition) is 2. The second kappa shape index (κ2) is 4.37. The smallest absolute Gasteiger partial charge is 0.312 e. The standard InChI is InChI=1S/C12H14N2O2/c1-13-6-10(12(15)16)9-7-14-11-5-3-2-4-8(9)11/h2-5,7,10,13-14H,6H2,1H3,(H,15,16). The number of likely N-dealkylation sites (N-methyl/N-ethyl adjacent to an activating group) is 1. The summed E-state index contributed by atoms with van der Waals surface area (Å²) in [7, 11) is 1.75. The summed E-state index contributed by atoms with van der Waals surface area (Å²) in [5.74, 6) is -1.32. The fraction of sp³-hybridized carbons (Fsp3) is 0.250. The van der Waals surface area contributed by atoms with Crippen molar-refractivity contribution in [1.82, 2.24) is 10.3 Å². The van der Waals surface area contributed by atoms with Crippen molar-refractivity contribution in [3.63, 3.8) is 0 Å². The summed E-state index contributed by atoms with van der Waals surface area (Å²) in [4.78, 5) is 14.3. The van der Waals surface area contributed by atoms with Gasteiger partial charge in [-0.15, -0.1) is 0 Å². The molecule has 1 unspecified atom stereocenters. The van der Waals surface area contributed by atoms with Gasteiger partial charge in [0.1, 0.15) is 0 Å². The Morgan fingerprint density at radius 2 is 2.25 bits per heavy atom. The molecule has 0 aliphatic rings. The normalized spacial score (nSPS) is 12.8. The molecule has 4 heteroatoms. The molecule has 1 aromatic heterocycles. The molecule has 3 N–H and O–H groups in total. The first-order valence-corrected chi connectivity index (χ1v) is 5.17. The maximum absolute atomic E-state index is 11.2. The third kappa shape index (κ3) is 1.79. The highest BCUT2D eigenvalue weighted by Crippen LogP contribution is 2.25. The molecule has 0 aliphatic heterocycles. The molecule has 2 aromatic rings. The minimum Gasteiger partial charge on any atom is -0.481 e. The van der Waals surface area contributed by atoms with E-state index in [0.717, 1.165) is 16.5 Å². The number of para-hydroxylation sites is 1. The lowest BCUT2D eigenvalue weighted by atomic mass is 9.99. The Balaban J connectivity index is 2.48. The predicted molar refractivity (Wildman–Crippen MR) is 62.6 cm³/mol. The number of aromatic nitrogens is 1. The van der Waals surface area contributed by atoms with E-state index in [1.165, 1.54) is 0 Å². The molecule has 0 fully saturated rings. The highest BCUT2D eigenvalue weighted by molar-refractivity contribution is 5.89. The zero-order chi connectivity index (χ0) is 11.5. The van der Waals surface area contributed by atoms with Gasteiger partial charge in [-0.1, -0.05) is 18.2 Å². The van der Waals surface area contributed by atoms with Crippen LogP contribution in [0.1, 0.15) is 11.5 Å². The van der Waals surface area contributed by atoms with Crippen molar-refractivity contribution in [3.8, 4) is 0 Å². The quantitative estimate of drug-likeness (QED) is 0.729. The van der Waals surface area contributed by atoms with Gasteiger partial charge in [-0.05, 0) is 18.7 Å². The van der Waals surface area contributed by atoms with Crippen LogP contribution in [-0.4, -0.2) is 29.7 Å². The van der Waals surface area contributed by atoms with Gasteiger partial charge in [-0.25, -0.2) is 0 Å². The first-order chi connectivity index (χ1) is 7.74. The summed E-state index contributed by atoms with van der Waals surface area (Å²) >= 11 is 0. The van der Waals surface area contributed by atoms with Crippen LogP contribution in [0.25, 0.3) is 10.9 Å². The number of nitrogens with one attached hydrogen (secondary N) is 2. The second-order valence-electron chi connectivity index (χ2n) is 3.74. The van der Waals surface area contributed by atoms with Crippen molar-refractivity contribution in [3.05, 3.63) is 36.0 Å². The molecule has 1 aromatic carbocycles. The topological polar surface area (TPSA) is 65.1 Å². The SMILES string of the molecule is CNCC(C(=O)O)c1c[nH]c2ccccc12. The highest BCUT2D eigenvalue weighted by Gasteiger charge is 2.21. The number of carbonyl (C=O) groups is 1. The Morgan fingerprint density at radius 1 is 1.50 bits per heavy atom. The van der Waals surface area contributed by atoms with Crippen LogP contribution < -0.4 is 5.32 Å². The number of carboxylic acid groups (broad SMARTS) is 1. The number of fused-ring (bicyclic) bond motifs is 1. The Hall–Kier alpha value is -1.81. The van der Waals surface area contributed by atoms with Crippen molar-refractivity contribution in [2.75, 3.05) is 13.6 Å². The van der Waals surface area contributed by atoms with Crippen LogP contribution in [0.5, 0.6) is 0 Å². The Morgan fingerprint density at radius 3 is 2.94 bits per heavy atom. The van der Waals surface area contributed by atoms with Crippen LogP contribution in [0.2, 0.25) is 0 Å². The van der Waals surface area contributed by atoms with E-state index in [4.69, 9.17) is 0 Å². The number of benzene rings is 1. The molecule has 1 atom stereocenters. The fourth-order valence-electron chi connectivity index (χ4n) is 1.92. The molecule has 0 spiro atoms. The molecule has 0 amide bonds. The summed E-state index contributed by atoms with van der Waals surface area (Å²) in [5, 5.41) is 13.1. The van der Waals surface area contributed by atoms with Crippen LogP contribution in [-0.2, 0) is 4.79 Å². The Bertz CT molecular complexity index is 504. The minimum absolute atomic E-state index is 0.428. The number of carboxylic acids is 1.